The molecule has 134 valence electrons. The van der Waals surface area contributed by atoms with Crippen LogP contribution in [0.15, 0.2) is 71.0 Å². The predicted octanol–water partition coefficient (Wildman–Crippen LogP) is 6.05. The summed E-state index contributed by atoms with van der Waals surface area (Å²) in [4.78, 5) is 4.81. The van der Waals surface area contributed by atoms with E-state index in [-0.39, 0.29) is 5.75 Å². The molecule has 1 N–H and O–H groups in total. The second-order valence-corrected chi connectivity index (χ2v) is 6.75. The summed E-state index contributed by atoms with van der Waals surface area (Å²) >= 11 is 0. The van der Waals surface area contributed by atoms with Crippen LogP contribution in [0, 0.1) is 20.8 Å². The Labute approximate surface area is 157 Å². The van der Waals surface area contributed by atoms with Crippen LogP contribution >= 0.6 is 0 Å². The van der Waals surface area contributed by atoms with Gasteiger partial charge in [-0.05, 0) is 62.2 Å². The summed E-state index contributed by atoms with van der Waals surface area (Å²) in [6, 6.07) is 17.0. The number of aromatic hydroxyl groups is 1. The Kier molecular flexibility index (Phi) is 4.20. The zero-order chi connectivity index (χ0) is 19.0. The molecule has 0 saturated heterocycles. The van der Waals surface area contributed by atoms with Crippen molar-refractivity contribution in [1.29, 1.82) is 0 Å². The van der Waals surface area contributed by atoms with Gasteiger partial charge in [-0.1, -0.05) is 29.8 Å². The average molecular weight is 356 g/mol. The van der Waals surface area contributed by atoms with Gasteiger partial charge in [-0.15, -0.1) is 10.2 Å². The Morgan fingerprint density at radius 3 is 2.33 bits per heavy atom. The second kappa shape index (κ2) is 6.68. The van der Waals surface area contributed by atoms with Gasteiger partial charge in [0.2, 0.25) is 0 Å². The number of aromatic nitrogens is 2. The first-order chi connectivity index (χ1) is 13.0. The van der Waals surface area contributed by atoms with Gasteiger partial charge in [-0.2, -0.15) is 0 Å². The molecule has 0 aliphatic rings. The number of nitrogens with zero attached hydrogens (tertiary/aromatic N) is 4. The number of fused-ring (bicyclic) bond motifs is 1. The SMILES string of the molecule is Cc1ccc(-c2nc3ccc(C)cn3c2N=Nc2ccc(O)cc2)c(C)c1. The van der Waals surface area contributed by atoms with Gasteiger partial charge in [0.05, 0.1) is 5.69 Å². The number of benzene rings is 2. The molecule has 0 radical (unpaired) electrons. The molecule has 5 heteroatoms. The van der Waals surface area contributed by atoms with Crippen LogP contribution in [0.2, 0.25) is 0 Å². The van der Waals surface area contributed by atoms with E-state index in [1.54, 1.807) is 24.3 Å². The van der Waals surface area contributed by atoms with Crippen molar-refractivity contribution in [3.8, 4) is 17.0 Å². The van der Waals surface area contributed by atoms with Crippen LogP contribution in [0.3, 0.4) is 0 Å². The molecular formula is C22H20N4O. The molecule has 0 aliphatic heterocycles. The minimum Gasteiger partial charge on any atom is -0.508 e. The van der Waals surface area contributed by atoms with E-state index >= 15 is 0 Å². The van der Waals surface area contributed by atoms with E-state index in [0.717, 1.165) is 28.0 Å². The topological polar surface area (TPSA) is 62.2 Å². The van der Waals surface area contributed by atoms with E-state index < -0.39 is 0 Å². The van der Waals surface area contributed by atoms with Crippen molar-refractivity contribution in [3.05, 3.63) is 77.5 Å². The first-order valence-corrected chi connectivity index (χ1v) is 8.78. The molecule has 2 aromatic carbocycles. The summed E-state index contributed by atoms with van der Waals surface area (Å²) < 4.78 is 1.97. The third-order valence-corrected chi connectivity index (χ3v) is 4.49. The van der Waals surface area contributed by atoms with Crippen LogP contribution in [0.4, 0.5) is 11.5 Å². The van der Waals surface area contributed by atoms with E-state index in [1.165, 1.54) is 5.56 Å². The number of aryl methyl sites for hydroxylation is 3. The van der Waals surface area contributed by atoms with Crippen molar-refractivity contribution < 1.29 is 5.11 Å². The maximum Gasteiger partial charge on any atom is 0.187 e. The molecule has 0 saturated carbocycles. The smallest absolute Gasteiger partial charge is 0.187 e. The first-order valence-electron chi connectivity index (χ1n) is 8.78. The van der Waals surface area contributed by atoms with E-state index in [9.17, 15) is 5.11 Å². The highest BCUT2D eigenvalue weighted by Crippen LogP contribution is 2.34. The molecule has 27 heavy (non-hydrogen) atoms. The van der Waals surface area contributed by atoms with Crippen molar-refractivity contribution >= 4 is 17.2 Å². The maximum absolute atomic E-state index is 9.44. The molecule has 0 amide bonds. The number of imidazole rings is 1. The molecule has 4 rings (SSSR count). The van der Waals surface area contributed by atoms with Gasteiger partial charge < -0.3 is 5.11 Å². The molecule has 2 heterocycles. The molecule has 4 aromatic rings. The number of pyridine rings is 1. The molecule has 0 atom stereocenters. The largest absolute Gasteiger partial charge is 0.508 e. The fourth-order valence-electron chi connectivity index (χ4n) is 3.12. The van der Waals surface area contributed by atoms with Crippen molar-refractivity contribution in [3.63, 3.8) is 0 Å². The van der Waals surface area contributed by atoms with Crippen molar-refractivity contribution in [2.75, 3.05) is 0 Å². The Bertz CT molecular complexity index is 1160. The molecule has 5 nitrogen and oxygen atoms in total. The van der Waals surface area contributed by atoms with Gasteiger partial charge in [-0.25, -0.2) is 4.98 Å². The van der Waals surface area contributed by atoms with Gasteiger partial charge in [0.25, 0.3) is 0 Å². The summed E-state index contributed by atoms with van der Waals surface area (Å²) in [5, 5.41) is 18.3. The van der Waals surface area contributed by atoms with Crippen LogP contribution in [0.5, 0.6) is 5.75 Å². The lowest BCUT2D eigenvalue weighted by Crippen LogP contribution is -1.86. The van der Waals surface area contributed by atoms with E-state index in [4.69, 9.17) is 4.98 Å². The highest BCUT2D eigenvalue weighted by Gasteiger charge is 2.16. The number of rotatable bonds is 3. The molecule has 0 aliphatic carbocycles. The molecule has 2 aromatic heterocycles. The quantitative estimate of drug-likeness (QED) is 0.454. The maximum atomic E-state index is 9.44. The van der Waals surface area contributed by atoms with Crippen LogP contribution in [-0.4, -0.2) is 14.5 Å². The Morgan fingerprint density at radius 2 is 1.59 bits per heavy atom. The second-order valence-electron chi connectivity index (χ2n) is 6.75. The highest BCUT2D eigenvalue weighted by atomic mass is 16.3. The molecule has 0 unspecified atom stereocenters. The van der Waals surface area contributed by atoms with E-state index in [1.807, 2.05) is 29.7 Å². The summed E-state index contributed by atoms with van der Waals surface area (Å²) in [7, 11) is 0. The zero-order valence-electron chi connectivity index (χ0n) is 15.5. The summed E-state index contributed by atoms with van der Waals surface area (Å²) in [6.45, 7) is 6.20. The number of hydrogen-bond acceptors (Lipinski definition) is 4. The molecule has 0 fully saturated rings. The van der Waals surface area contributed by atoms with Crippen LogP contribution in [-0.2, 0) is 0 Å². The minimum absolute atomic E-state index is 0.204. The highest BCUT2D eigenvalue weighted by molar-refractivity contribution is 5.77. The van der Waals surface area contributed by atoms with Crippen molar-refractivity contribution in [2.45, 2.75) is 20.8 Å². The van der Waals surface area contributed by atoms with Crippen LogP contribution in [0.25, 0.3) is 16.9 Å². The zero-order valence-corrected chi connectivity index (χ0v) is 15.5. The molecule has 0 bridgehead atoms. The fourth-order valence-corrected chi connectivity index (χ4v) is 3.12. The third kappa shape index (κ3) is 3.31. The molecular weight excluding hydrogens is 336 g/mol. The number of phenolic OH excluding ortho intramolecular Hbond substituents is 1. The third-order valence-electron chi connectivity index (χ3n) is 4.49. The van der Waals surface area contributed by atoms with Crippen molar-refractivity contribution in [1.82, 2.24) is 9.38 Å². The Balaban J connectivity index is 1.90. The number of azo groups is 1. The van der Waals surface area contributed by atoms with Crippen LogP contribution < -0.4 is 0 Å². The van der Waals surface area contributed by atoms with E-state index in [0.29, 0.717) is 11.5 Å². The standard InChI is InChI=1S/C22H20N4O/c1-14-4-10-19(16(3)12-14)21-22(25-24-17-6-8-18(27)9-7-17)26-13-15(2)5-11-20(26)23-21/h4-13,27H,1-3H3. The average Bonchev–Trinajstić information content (AvgIpc) is 2.99. The summed E-state index contributed by atoms with van der Waals surface area (Å²) in [5.74, 6) is 0.893. The van der Waals surface area contributed by atoms with Crippen LogP contribution in [0.1, 0.15) is 16.7 Å². The Hall–Kier alpha value is -3.47. The lowest BCUT2D eigenvalue weighted by molar-refractivity contribution is 0.475. The lowest BCUT2D eigenvalue weighted by Gasteiger charge is -2.05. The fraction of sp³-hybridized carbons (Fsp3) is 0.136. The van der Waals surface area contributed by atoms with Gasteiger partial charge in [0.15, 0.2) is 5.82 Å². The Morgan fingerprint density at radius 1 is 0.852 bits per heavy atom. The predicted molar refractivity (Wildman–Crippen MR) is 107 cm³/mol. The van der Waals surface area contributed by atoms with Gasteiger partial charge in [-0.3, -0.25) is 4.40 Å². The summed E-state index contributed by atoms with van der Waals surface area (Å²) in [5.41, 5.74) is 6.83. The summed E-state index contributed by atoms with van der Waals surface area (Å²) in [6.07, 6.45) is 2.01. The normalized spacial score (nSPS) is 11.5. The van der Waals surface area contributed by atoms with E-state index in [2.05, 4.69) is 42.3 Å². The lowest BCUT2D eigenvalue weighted by atomic mass is 10.0. The monoisotopic (exact) mass is 356 g/mol. The van der Waals surface area contributed by atoms with Gasteiger partial charge in [0.1, 0.15) is 17.1 Å². The number of phenols is 1. The van der Waals surface area contributed by atoms with Gasteiger partial charge >= 0.3 is 0 Å². The van der Waals surface area contributed by atoms with Gasteiger partial charge in [0, 0.05) is 11.8 Å². The first kappa shape index (κ1) is 17.0. The molecule has 0 spiro atoms. The minimum atomic E-state index is 0.204. The van der Waals surface area contributed by atoms with Crippen molar-refractivity contribution in [2.24, 2.45) is 10.2 Å². The number of hydrogen-bond donors (Lipinski definition) is 1.